The molecule has 3 nitrogen and oxygen atoms in total. The van der Waals surface area contributed by atoms with Crippen LogP contribution in [-0.2, 0) is 0 Å². The largest absolute Gasteiger partial charge is 0.496 e. The van der Waals surface area contributed by atoms with E-state index in [1.807, 2.05) is 12.1 Å². The van der Waals surface area contributed by atoms with E-state index in [1.165, 1.54) is 0 Å². The molecule has 4 heteroatoms. The minimum Gasteiger partial charge on any atom is -0.496 e. The summed E-state index contributed by atoms with van der Waals surface area (Å²) in [5, 5.41) is 0. The first-order valence-electron chi connectivity index (χ1n) is 4.94. The second kappa shape index (κ2) is 4.33. The van der Waals surface area contributed by atoms with Crippen LogP contribution in [0.3, 0.4) is 0 Å². The molecule has 0 amide bonds. The summed E-state index contributed by atoms with van der Waals surface area (Å²) in [6, 6.07) is 4.08. The number of benzene rings is 1. The van der Waals surface area contributed by atoms with Crippen molar-refractivity contribution in [3.63, 3.8) is 0 Å². The minimum atomic E-state index is 0.291. The standard InChI is InChI=1S/C11H15NO2S/c1-7(5-12)8-3-10-11(15-6-14-10)4-9(8)13-2/h3-4,7H,5-6,12H2,1-2H3. The normalized spacial score (nSPS) is 15.7. The van der Waals surface area contributed by atoms with Crippen LogP contribution in [0.2, 0.25) is 0 Å². The first kappa shape index (κ1) is 10.6. The molecule has 15 heavy (non-hydrogen) atoms. The van der Waals surface area contributed by atoms with E-state index in [0.29, 0.717) is 18.4 Å². The van der Waals surface area contributed by atoms with Gasteiger partial charge in [-0.3, -0.25) is 0 Å². The summed E-state index contributed by atoms with van der Waals surface area (Å²) in [5.74, 6) is 2.85. The van der Waals surface area contributed by atoms with Crippen molar-refractivity contribution in [1.82, 2.24) is 0 Å². The Hall–Kier alpha value is -0.870. The molecule has 2 N–H and O–H groups in total. The second-order valence-electron chi connectivity index (χ2n) is 3.58. The Morgan fingerprint density at radius 1 is 1.60 bits per heavy atom. The molecule has 0 bridgehead atoms. The molecule has 0 fully saturated rings. The number of hydrogen-bond donors (Lipinski definition) is 1. The van der Waals surface area contributed by atoms with Crippen molar-refractivity contribution in [3.8, 4) is 11.5 Å². The minimum absolute atomic E-state index is 0.291. The molecule has 0 saturated carbocycles. The van der Waals surface area contributed by atoms with Crippen LogP contribution in [0.5, 0.6) is 11.5 Å². The average Bonchev–Trinajstić information content (AvgIpc) is 2.73. The number of methoxy groups -OCH3 is 1. The summed E-state index contributed by atoms with van der Waals surface area (Å²) in [7, 11) is 1.69. The van der Waals surface area contributed by atoms with Gasteiger partial charge < -0.3 is 15.2 Å². The summed E-state index contributed by atoms with van der Waals surface area (Å²) >= 11 is 1.69. The Kier molecular flexibility index (Phi) is 3.07. The van der Waals surface area contributed by atoms with Gasteiger partial charge in [-0.05, 0) is 24.6 Å². The van der Waals surface area contributed by atoms with Gasteiger partial charge in [0.25, 0.3) is 0 Å². The van der Waals surface area contributed by atoms with E-state index in [1.54, 1.807) is 18.9 Å². The lowest BCUT2D eigenvalue weighted by Crippen LogP contribution is -2.10. The van der Waals surface area contributed by atoms with Gasteiger partial charge in [0.1, 0.15) is 17.4 Å². The maximum atomic E-state index is 5.67. The molecule has 0 saturated heterocycles. The fraction of sp³-hybridized carbons (Fsp3) is 0.455. The molecule has 1 aliphatic heterocycles. The maximum absolute atomic E-state index is 5.67. The highest BCUT2D eigenvalue weighted by atomic mass is 32.2. The van der Waals surface area contributed by atoms with Gasteiger partial charge in [0.05, 0.1) is 12.0 Å². The van der Waals surface area contributed by atoms with Crippen LogP contribution in [0.25, 0.3) is 0 Å². The summed E-state index contributed by atoms with van der Waals surface area (Å²) in [5.41, 5.74) is 6.80. The topological polar surface area (TPSA) is 44.5 Å². The molecule has 82 valence electrons. The van der Waals surface area contributed by atoms with E-state index in [9.17, 15) is 0 Å². The lowest BCUT2D eigenvalue weighted by molar-refractivity contribution is 0.386. The van der Waals surface area contributed by atoms with E-state index >= 15 is 0 Å². The fourth-order valence-corrected chi connectivity index (χ4v) is 2.39. The zero-order valence-electron chi connectivity index (χ0n) is 8.95. The fourth-order valence-electron chi connectivity index (χ4n) is 1.63. The molecule has 1 heterocycles. The molecule has 0 radical (unpaired) electrons. The molecule has 0 aliphatic carbocycles. The molecular weight excluding hydrogens is 210 g/mol. The van der Waals surface area contributed by atoms with Gasteiger partial charge in [0.2, 0.25) is 0 Å². The Bertz CT molecular complexity index is 368. The molecule has 1 aromatic rings. The van der Waals surface area contributed by atoms with E-state index in [4.69, 9.17) is 15.2 Å². The van der Waals surface area contributed by atoms with Crippen molar-refractivity contribution in [2.45, 2.75) is 17.7 Å². The molecule has 0 spiro atoms. The Labute approximate surface area is 93.9 Å². The molecule has 0 aromatic heterocycles. The number of nitrogens with two attached hydrogens (primary N) is 1. The van der Waals surface area contributed by atoms with Crippen LogP contribution in [0, 0.1) is 0 Å². The number of ether oxygens (including phenoxy) is 2. The average molecular weight is 225 g/mol. The summed E-state index contributed by atoms with van der Waals surface area (Å²) < 4.78 is 10.9. The highest BCUT2D eigenvalue weighted by molar-refractivity contribution is 7.99. The van der Waals surface area contributed by atoms with Crippen molar-refractivity contribution in [2.75, 3.05) is 19.6 Å². The van der Waals surface area contributed by atoms with Gasteiger partial charge in [-0.25, -0.2) is 0 Å². The number of rotatable bonds is 3. The molecule has 1 atom stereocenters. The van der Waals surface area contributed by atoms with Gasteiger partial charge >= 0.3 is 0 Å². The van der Waals surface area contributed by atoms with E-state index in [-0.39, 0.29) is 0 Å². The van der Waals surface area contributed by atoms with Crippen LogP contribution in [0.1, 0.15) is 18.4 Å². The Balaban J connectivity index is 2.44. The third-order valence-electron chi connectivity index (χ3n) is 2.61. The molecule has 1 aliphatic rings. The van der Waals surface area contributed by atoms with Gasteiger partial charge in [-0.2, -0.15) is 0 Å². The summed E-state index contributed by atoms with van der Waals surface area (Å²) in [4.78, 5) is 1.15. The van der Waals surface area contributed by atoms with Crippen LogP contribution >= 0.6 is 11.8 Å². The highest BCUT2D eigenvalue weighted by Crippen LogP contribution is 2.42. The number of fused-ring (bicyclic) bond motifs is 1. The van der Waals surface area contributed by atoms with Crippen LogP contribution in [0.15, 0.2) is 17.0 Å². The first-order chi connectivity index (χ1) is 7.26. The van der Waals surface area contributed by atoms with Crippen molar-refractivity contribution < 1.29 is 9.47 Å². The molecule has 1 unspecified atom stereocenters. The first-order valence-corrected chi connectivity index (χ1v) is 5.92. The van der Waals surface area contributed by atoms with E-state index < -0.39 is 0 Å². The Morgan fingerprint density at radius 2 is 2.40 bits per heavy atom. The van der Waals surface area contributed by atoms with Gasteiger partial charge in [-0.1, -0.05) is 18.7 Å². The van der Waals surface area contributed by atoms with Gasteiger partial charge in [0, 0.05) is 5.56 Å². The highest BCUT2D eigenvalue weighted by Gasteiger charge is 2.19. The summed E-state index contributed by atoms with van der Waals surface area (Å²) in [6.45, 7) is 2.70. The summed E-state index contributed by atoms with van der Waals surface area (Å²) in [6.07, 6.45) is 0. The van der Waals surface area contributed by atoms with Crippen molar-refractivity contribution in [2.24, 2.45) is 5.73 Å². The zero-order valence-corrected chi connectivity index (χ0v) is 9.76. The molecule has 1 aromatic carbocycles. The predicted molar refractivity (Wildman–Crippen MR) is 61.8 cm³/mol. The smallest absolute Gasteiger partial charge is 0.138 e. The molecule has 2 rings (SSSR count). The SMILES string of the molecule is COc1cc2c(cc1C(C)CN)OCS2. The van der Waals surface area contributed by atoms with Crippen molar-refractivity contribution >= 4 is 11.8 Å². The van der Waals surface area contributed by atoms with Gasteiger partial charge in [-0.15, -0.1) is 0 Å². The second-order valence-corrected chi connectivity index (χ2v) is 4.55. The van der Waals surface area contributed by atoms with Crippen molar-refractivity contribution in [3.05, 3.63) is 17.7 Å². The van der Waals surface area contributed by atoms with E-state index in [0.717, 1.165) is 22.0 Å². The lowest BCUT2D eigenvalue weighted by Gasteiger charge is -2.15. The predicted octanol–water partition coefficient (Wildman–Crippen LogP) is 2.20. The van der Waals surface area contributed by atoms with Crippen LogP contribution in [-0.4, -0.2) is 19.6 Å². The van der Waals surface area contributed by atoms with E-state index in [2.05, 4.69) is 6.92 Å². The lowest BCUT2D eigenvalue weighted by atomic mass is 10.00. The maximum Gasteiger partial charge on any atom is 0.138 e. The monoisotopic (exact) mass is 225 g/mol. The van der Waals surface area contributed by atoms with Crippen molar-refractivity contribution in [1.29, 1.82) is 0 Å². The number of thioether (sulfide) groups is 1. The van der Waals surface area contributed by atoms with Crippen LogP contribution < -0.4 is 15.2 Å². The third kappa shape index (κ3) is 1.92. The number of hydrogen-bond acceptors (Lipinski definition) is 4. The zero-order chi connectivity index (χ0) is 10.8. The van der Waals surface area contributed by atoms with Crippen LogP contribution in [0.4, 0.5) is 0 Å². The van der Waals surface area contributed by atoms with Gasteiger partial charge in [0.15, 0.2) is 0 Å². The quantitative estimate of drug-likeness (QED) is 0.856. The Morgan fingerprint density at radius 3 is 3.07 bits per heavy atom. The third-order valence-corrected chi connectivity index (χ3v) is 3.48. The molecular formula is C11H15NO2S.